The van der Waals surface area contributed by atoms with Gasteiger partial charge in [-0.25, -0.2) is 0 Å². The molecule has 0 radical (unpaired) electrons. The van der Waals surface area contributed by atoms with Gasteiger partial charge in [0.25, 0.3) is 0 Å². The molecule has 2 rings (SSSR count). The maximum absolute atomic E-state index is 3.74. The molecule has 2 nitrogen and oxygen atoms in total. The lowest BCUT2D eigenvalue weighted by Gasteiger charge is -2.25. The Balaban J connectivity index is 1.69. The Morgan fingerprint density at radius 1 is 1.08 bits per heavy atom. The Bertz CT molecular complexity index is 128. The summed E-state index contributed by atoms with van der Waals surface area (Å²) in [6.07, 6.45) is 4.08. The number of nitrogens with one attached hydrogen (secondary N) is 2. The number of thioether (sulfide) groups is 1. The molecule has 0 aromatic rings. The summed E-state index contributed by atoms with van der Waals surface area (Å²) in [6.45, 7) is 2.39. The Morgan fingerprint density at radius 2 is 1.92 bits per heavy atom. The zero-order valence-corrected chi connectivity index (χ0v) is 8.33. The molecule has 2 saturated heterocycles. The predicted octanol–water partition coefficient (Wildman–Crippen LogP) is 0.833. The molecule has 2 aliphatic rings. The van der Waals surface area contributed by atoms with Crippen LogP contribution in [0, 0.1) is 0 Å². The van der Waals surface area contributed by atoms with E-state index in [-0.39, 0.29) is 0 Å². The molecule has 2 heterocycles. The van der Waals surface area contributed by atoms with Crippen molar-refractivity contribution in [3.63, 3.8) is 0 Å². The van der Waals surface area contributed by atoms with Gasteiger partial charge in [-0.2, -0.15) is 11.8 Å². The van der Waals surface area contributed by atoms with Gasteiger partial charge in [-0.1, -0.05) is 0 Å². The summed E-state index contributed by atoms with van der Waals surface area (Å²) >= 11 is 2.10. The van der Waals surface area contributed by atoms with Gasteiger partial charge in [0, 0.05) is 18.6 Å². The van der Waals surface area contributed by atoms with Crippen molar-refractivity contribution < 1.29 is 0 Å². The SMILES string of the molecule is C1CC(NC2CCSCC2)CN1. The summed E-state index contributed by atoms with van der Waals surface area (Å²) in [7, 11) is 0. The molecule has 0 aliphatic carbocycles. The first kappa shape index (κ1) is 8.85. The fraction of sp³-hybridized carbons (Fsp3) is 1.00. The molecule has 1 unspecified atom stereocenters. The van der Waals surface area contributed by atoms with Crippen LogP contribution in [0.5, 0.6) is 0 Å². The highest BCUT2D eigenvalue weighted by Gasteiger charge is 2.20. The largest absolute Gasteiger partial charge is 0.315 e. The second kappa shape index (κ2) is 4.49. The molecule has 3 heteroatoms. The summed E-state index contributed by atoms with van der Waals surface area (Å²) in [5.41, 5.74) is 0. The molecule has 2 aliphatic heterocycles. The van der Waals surface area contributed by atoms with E-state index in [2.05, 4.69) is 22.4 Å². The molecule has 0 amide bonds. The lowest BCUT2D eigenvalue weighted by Crippen LogP contribution is -2.41. The molecule has 0 aromatic heterocycles. The van der Waals surface area contributed by atoms with E-state index in [0.717, 1.165) is 12.1 Å². The molecular weight excluding hydrogens is 168 g/mol. The zero-order valence-electron chi connectivity index (χ0n) is 7.51. The molecule has 2 N–H and O–H groups in total. The fourth-order valence-corrected chi connectivity index (χ4v) is 3.10. The molecule has 1 atom stereocenters. The zero-order chi connectivity index (χ0) is 8.23. The number of rotatable bonds is 2. The van der Waals surface area contributed by atoms with Gasteiger partial charge in [0.15, 0.2) is 0 Å². The van der Waals surface area contributed by atoms with Gasteiger partial charge in [0.1, 0.15) is 0 Å². The summed E-state index contributed by atoms with van der Waals surface area (Å²) in [4.78, 5) is 0. The number of hydrogen-bond donors (Lipinski definition) is 2. The van der Waals surface area contributed by atoms with Gasteiger partial charge in [0.05, 0.1) is 0 Å². The van der Waals surface area contributed by atoms with Crippen molar-refractivity contribution in [3.05, 3.63) is 0 Å². The Kier molecular flexibility index (Phi) is 3.31. The second-order valence-corrected chi connectivity index (χ2v) is 4.97. The van der Waals surface area contributed by atoms with Gasteiger partial charge >= 0.3 is 0 Å². The van der Waals surface area contributed by atoms with Crippen LogP contribution in [0.25, 0.3) is 0 Å². The van der Waals surface area contributed by atoms with Crippen LogP contribution in [-0.2, 0) is 0 Å². The third-order valence-electron chi connectivity index (χ3n) is 2.75. The van der Waals surface area contributed by atoms with E-state index in [1.807, 2.05) is 0 Å². The van der Waals surface area contributed by atoms with Crippen LogP contribution in [0.3, 0.4) is 0 Å². The van der Waals surface area contributed by atoms with Crippen molar-refractivity contribution in [2.45, 2.75) is 31.3 Å². The van der Waals surface area contributed by atoms with Crippen molar-refractivity contribution in [1.29, 1.82) is 0 Å². The van der Waals surface area contributed by atoms with Gasteiger partial charge in [0.2, 0.25) is 0 Å². The monoisotopic (exact) mass is 186 g/mol. The van der Waals surface area contributed by atoms with Gasteiger partial charge < -0.3 is 10.6 Å². The average Bonchev–Trinajstić information content (AvgIpc) is 2.59. The highest BCUT2D eigenvalue weighted by Crippen LogP contribution is 2.17. The summed E-state index contributed by atoms with van der Waals surface area (Å²) in [5, 5.41) is 7.14. The lowest BCUT2D eigenvalue weighted by molar-refractivity contribution is 0.422. The van der Waals surface area contributed by atoms with Crippen molar-refractivity contribution >= 4 is 11.8 Å². The van der Waals surface area contributed by atoms with Gasteiger partial charge in [-0.15, -0.1) is 0 Å². The van der Waals surface area contributed by atoms with E-state index >= 15 is 0 Å². The van der Waals surface area contributed by atoms with Crippen molar-refractivity contribution in [1.82, 2.24) is 10.6 Å². The van der Waals surface area contributed by atoms with E-state index in [1.165, 1.54) is 43.9 Å². The van der Waals surface area contributed by atoms with E-state index < -0.39 is 0 Å². The van der Waals surface area contributed by atoms with Crippen molar-refractivity contribution in [2.75, 3.05) is 24.6 Å². The van der Waals surface area contributed by atoms with Gasteiger partial charge in [-0.05, 0) is 37.3 Å². The average molecular weight is 186 g/mol. The lowest BCUT2D eigenvalue weighted by atomic mass is 10.1. The first-order valence-corrected chi connectivity index (χ1v) is 6.15. The maximum atomic E-state index is 3.74. The second-order valence-electron chi connectivity index (χ2n) is 3.74. The molecule has 0 spiro atoms. The highest BCUT2D eigenvalue weighted by atomic mass is 32.2. The van der Waals surface area contributed by atoms with Crippen LogP contribution < -0.4 is 10.6 Å². The normalized spacial score (nSPS) is 32.5. The molecule has 0 aromatic carbocycles. The minimum atomic E-state index is 0.762. The number of hydrogen-bond acceptors (Lipinski definition) is 3. The molecule has 2 fully saturated rings. The van der Waals surface area contributed by atoms with E-state index in [4.69, 9.17) is 0 Å². The van der Waals surface area contributed by atoms with E-state index in [1.54, 1.807) is 0 Å². The quantitative estimate of drug-likeness (QED) is 0.668. The minimum Gasteiger partial charge on any atom is -0.315 e. The molecule has 0 saturated carbocycles. The van der Waals surface area contributed by atoms with Crippen molar-refractivity contribution in [3.8, 4) is 0 Å². The summed E-state index contributed by atoms with van der Waals surface area (Å²) in [5.74, 6) is 2.72. The standard InChI is InChI=1S/C9H18N2S/c1-4-10-7-9(1)11-8-2-5-12-6-3-8/h8-11H,1-7H2. The van der Waals surface area contributed by atoms with E-state index in [0.29, 0.717) is 0 Å². The molecule has 0 bridgehead atoms. The Hall–Kier alpha value is 0.270. The van der Waals surface area contributed by atoms with Crippen molar-refractivity contribution in [2.24, 2.45) is 0 Å². The van der Waals surface area contributed by atoms with Gasteiger partial charge in [-0.3, -0.25) is 0 Å². The Labute approximate surface area is 78.9 Å². The summed E-state index contributed by atoms with van der Waals surface area (Å²) in [6, 6.07) is 1.58. The summed E-state index contributed by atoms with van der Waals surface area (Å²) < 4.78 is 0. The van der Waals surface area contributed by atoms with Crippen LogP contribution in [0.4, 0.5) is 0 Å². The molecule has 70 valence electrons. The fourth-order valence-electron chi connectivity index (χ4n) is 1.99. The third-order valence-corrected chi connectivity index (χ3v) is 3.80. The minimum absolute atomic E-state index is 0.762. The van der Waals surface area contributed by atoms with Crippen LogP contribution in [-0.4, -0.2) is 36.7 Å². The molecular formula is C9H18N2S. The van der Waals surface area contributed by atoms with Crippen LogP contribution in [0.2, 0.25) is 0 Å². The first-order chi connectivity index (χ1) is 5.95. The van der Waals surface area contributed by atoms with Crippen LogP contribution in [0.15, 0.2) is 0 Å². The third kappa shape index (κ3) is 2.38. The maximum Gasteiger partial charge on any atom is 0.0207 e. The first-order valence-electron chi connectivity index (χ1n) is 4.99. The van der Waals surface area contributed by atoms with Crippen LogP contribution in [0.1, 0.15) is 19.3 Å². The Morgan fingerprint density at radius 3 is 2.58 bits per heavy atom. The van der Waals surface area contributed by atoms with Crippen LogP contribution >= 0.6 is 11.8 Å². The topological polar surface area (TPSA) is 24.1 Å². The predicted molar refractivity (Wildman–Crippen MR) is 54.8 cm³/mol. The smallest absolute Gasteiger partial charge is 0.0207 e. The molecule has 12 heavy (non-hydrogen) atoms. The van der Waals surface area contributed by atoms with E-state index in [9.17, 15) is 0 Å². The highest BCUT2D eigenvalue weighted by molar-refractivity contribution is 7.99.